The molecule has 2 nitrogen and oxygen atoms in total. The van der Waals surface area contributed by atoms with Crippen LogP contribution in [0.3, 0.4) is 0 Å². The van der Waals surface area contributed by atoms with Crippen LogP contribution in [-0.2, 0) is 10.8 Å². The lowest BCUT2D eigenvalue weighted by Gasteiger charge is -2.31. The highest BCUT2D eigenvalue weighted by atomic mass is 16.6. The van der Waals surface area contributed by atoms with Crippen molar-refractivity contribution in [1.29, 1.82) is 0 Å². The summed E-state index contributed by atoms with van der Waals surface area (Å²) in [5.41, 5.74) is 2.72. The molecule has 0 heterocycles. The van der Waals surface area contributed by atoms with Gasteiger partial charge in [0, 0.05) is 12.0 Å². The lowest BCUT2D eigenvalue weighted by atomic mass is 9.76. The average molecular weight is 306 g/mol. The molecular weight excluding hydrogens is 272 g/mol. The zero-order chi connectivity index (χ0) is 17.0. The standard InChI is InChI=1S/C20H34O2/c1-8-11-18(21)22-17-13-12-15(19(4,5)9-2)14-16(17)20(6,7)10-3/h12-14,18,21H,8-11H2,1-7H3. The van der Waals surface area contributed by atoms with E-state index in [4.69, 9.17) is 4.74 Å². The quantitative estimate of drug-likeness (QED) is 0.637. The zero-order valence-corrected chi connectivity index (χ0v) is 15.5. The third kappa shape index (κ3) is 4.49. The second-order valence-corrected chi connectivity index (χ2v) is 7.55. The Kier molecular flexibility index (Phi) is 6.49. The van der Waals surface area contributed by atoms with Gasteiger partial charge in [-0.05, 0) is 35.3 Å². The van der Waals surface area contributed by atoms with Gasteiger partial charge in [0.2, 0.25) is 0 Å². The third-order valence-electron chi connectivity index (χ3n) is 5.06. The van der Waals surface area contributed by atoms with Gasteiger partial charge in [0.15, 0.2) is 6.29 Å². The largest absolute Gasteiger partial charge is 0.465 e. The Morgan fingerprint density at radius 3 is 2.09 bits per heavy atom. The lowest BCUT2D eigenvalue weighted by Crippen LogP contribution is -2.23. The van der Waals surface area contributed by atoms with Crippen LogP contribution in [0.5, 0.6) is 5.75 Å². The summed E-state index contributed by atoms with van der Waals surface area (Å²) in [6.45, 7) is 15.5. The van der Waals surface area contributed by atoms with E-state index in [2.05, 4.69) is 60.6 Å². The summed E-state index contributed by atoms with van der Waals surface area (Å²) in [5.74, 6) is 0.823. The predicted octanol–water partition coefficient (Wildman–Crippen LogP) is 5.56. The van der Waals surface area contributed by atoms with Gasteiger partial charge in [0.1, 0.15) is 5.75 Å². The SMILES string of the molecule is CCCC(O)Oc1ccc(C(C)(C)CC)cc1C(C)(C)CC. The molecule has 22 heavy (non-hydrogen) atoms. The fourth-order valence-electron chi connectivity index (χ4n) is 2.43. The van der Waals surface area contributed by atoms with Gasteiger partial charge >= 0.3 is 0 Å². The van der Waals surface area contributed by atoms with Crippen molar-refractivity contribution in [1.82, 2.24) is 0 Å². The summed E-state index contributed by atoms with van der Waals surface area (Å²) in [7, 11) is 0. The van der Waals surface area contributed by atoms with Crippen LogP contribution in [0.15, 0.2) is 18.2 Å². The molecule has 2 heteroatoms. The van der Waals surface area contributed by atoms with Crippen molar-refractivity contribution in [3.8, 4) is 5.75 Å². The molecule has 0 aliphatic heterocycles. The monoisotopic (exact) mass is 306 g/mol. The molecule has 1 atom stereocenters. The minimum Gasteiger partial charge on any atom is -0.465 e. The maximum absolute atomic E-state index is 10.0. The van der Waals surface area contributed by atoms with Gasteiger partial charge in [-0.15, -0.1) is 0 Å². The van der Waals surface area contributed by atoms with Gasteiger partial charge in [-0.2, -0.15) is 0 Å². The first kappa shape index (κ1) is 19.0. The maximum atomic E-state index is 10.0. The molecular formula is C20H34O2. The van der Waals surface area contributed by atoms with E-state index in [0.717, 1.165) is 25.0 Å². The Morgan fingerprint density at radius 1 is 1.00 bits per heavy atom. The van der Waals surface area contributed by atoms with Crippen molar-refractivity contribution in [3.05, 3.63) is 29.3 Å². The Hall–Kier alpha value is -1.02. The fraction of sp³-hybridized carbons (Fsp3) is 0.700. The summed E-state index contributed by atoms with van der Waals surface area (Å²) in [4.78, 5) is 0. The Balaban J connectivity index is 3.27. The zero-order valence-electron chi connectivity index (χ0n) is 15.5. The molecule has 0 bridgehead atoms. The molecule has 126 valence electrons. The highest BCUT2D eigenvalue weighted by molar-refractivity contribution is 5.44. The molecule has 0 fully saturated rings. The third-order valence-corrected chi connectivity index (χ3v) is 5.06. The van der Waals surface area contributed by atoms with Crippen LogP contribution in [0.1, 0.15) is 85.3 Å². The second kappa shape index (κ2) is 7.50. The first-order valence-corrected chi connectivity index (χ1v) is 8.67. The summed E-state index contributed by atoms with van der Waals surface area (Å²) in [5, 5.41) is 10.0. The van der Waals surface area contributed by atoms with E-state index in [1.54, 1.807) is 0 Å². The number of hydrogen-bond donors (Lipinski definition) is 1. The highest BCUT2D eigenvalue weighted by Crippen LogP contribution is 2.38. The Labute approximate surface area is 136 Å². The number of hydrogen-bond acceptors (Lipinski definition) is 2. The molecule has 1 unspecified atom stereocenters. The Morgan fingerprint density at radius 2 is 1.59 bits per heavy atom. The van der Waals surface area contributed by atoms with Crippen molar-refractivity contribution in [2.24, 2.45) is 0 Å². The Bertz CT molecular complexity index is 475. The molecule has 0 aromatic heterocycles. The van der Waals surface area contributed by atoms with Gasteiger partial charge in [0.25, 0.3) is 0 Å². The van der Waals surface area contributed by atoms with E-state index >= 15 is 0 Å². The molecule has 1 N–H and O–H groups in total. The van der Waals surface area contributed by atoms with E-state index in [1.165, 1.54) is 11.1 Å². The van der Waals surface area contributed by atoms with E-state index in [-0.39, 0.29) is 10.8 Å². The number of aliphatic hydroxyl groups excluding tert-OH is 1. The van der Waals surface area contributed by atoms with Crippen molar-refractivity contribution in [2.75, 3.05) is 0 Å². The second-order valence-electron chi connectivity index (χ2n) is 7.55. The molecule has 1 aromatic carbocycles. The number of rotatable bonds is 8. The molecule has 1 aromatic rings. The molecule has 0 aliphatic carbocycles. The van der Waals surface area contributed by atoms with Crippen molar-refractivity contribution in [3.63, 3.8) is 0 Å². The molecule has 0 amide bonds. The van der Waals surface area contributed by atoms with E-state index in [9.17, 15) is 5.11 Å². The predicted molar refractivity (Wildman–Crippen MR) is 94.6 cm³/mol. The van der Waals surface area contributed by atoms with E-state index in [1.807, 2.05) is 6.07 Å². The van der Waals surface area contributed by atoms with Crippen LogP contribution < -0.4 is 4.74 Å². The molecule has 1 rings (SSSR count). The smallest absolute Gasteiger partial charge is 0.197 e. The minimum absolute atomic E-state index is 0.0289. The van der Waals surface area contributed by atoms with E-state index < -0.39 is 6.29 Å². The highest BCUT2D eigenvalue weighted by Gasteiger charge is 2.27. The van der Waals surface area contributed by atoms with Crippen LogP contribution in [0.4, 0.5) is 0 Å². The summed E-state index contributed by atoms with van der Waals surface area (Å²) in [6, 6.07) is 6.46. The van der Waals surface area contributed by atoms with Crippen LogP contribution >= 0.6 is 0 Å². The molecule has 0 saturated heterocycles. The number of aliphatic hydroxyl groups is 1. The molecule has 0 aliphatic rings. The van der Waals surface area contributed by atoms with Crippen LogP contribution in [0.2, 0.25) is 0 Å². The van der Waals surface area contributed by atoms with Gasteiger partial charge < -0.3 is 9.84 Å². The summed E-state index contributed by atoms with van der Waals surface area (Å²) < 4.78 is 5.83. The number of ether oxygens (including phenoxy) is 1. The summed E-state index contributed by atoms with van der Waals surface area (Å²) >= 11 is 0. The lowest BCUT2D eigenvalue weighted by molar-refractivity contribution is -0.0245. The first-order chi connectivity index (χ1) is 10.2. The van der Waals surface area contributed by atoms with Crippen molar-refractivity contribution in [2.45, 2.75) is 91.3 Å². The van der Waals surface area contributed by atoms with Gasteiger partial charge in [-0.3, -0.25) is 0 Å². The first-order valence-electron chi connectivity index (χ1n) is 8.67. The average Bonchev–Trinajstić information content (AvgIpc) is 2.47. The summed E-state index contributed by atoms with van der Waals surface area (Å²) in [6.07, 6.45) is 2.98. The maximum Gasteiger partial charge on any atom is 0.197 e. The van der Waals surface area contributed by atoms with Gasteiger partial charge in [0.05, 0.1) is 0 Å². The van der Waals surface area contributed by atoms with Crippen LogP contribution in [0.25, 0.3) is 0 Å². The molecule has 0 saturated carbocycles. The minimum atomic E-state index is -0.721. The van der Waals surface area contributed by atoms with Crippen molar-refractivity contribution < 1.29 is 9.84 Å². The van der Waals surface area contributed by atoms with Crippen molar-refractivity contribution >= 4 is 0 Å². The normalized spacial score (nSPS) is 14.0. The van der Waals surface area contributed by atoms with Crippen LogP contribution in [-0.4, -0.2) is 11.4 Å². The topological polar surface area (TPSA) is 29.5 Å². The molecule has 0 radical (unpaired) electrons. The fourth-order valence-corrected chi connectivity index (χ4v) is 2.43. The van der Waals surface area contributed by atoms with Gasteiger partial charge in [-0.1, -0.05) is 67.0 Å². The molecule has 0 spiro atoms. The van der Waals surface area contributed by atoms with Gasteiger partial charge in [-0.25, -0.2) is 0 Å². The number of benzene rings is 1. The van der Waals surface area contributed by atoms with E-state index in [0.29, 0.717) is 6.42 Å². The van der Waals surface area contributed by atoms with Crippen LogP contribution in [0, 0.1) is 0 Å².